The van der Waals surface area contributed by atoms with E-state index in [4.69, 9.17) is 0 Å². The van der Waals surface area contributed by atoms with E-state index in [0.29, 0.717) is 5.69 Å². The second-order valence-electron chi connectivity index (χ2n) is 4.14. The summed E-state index contributed by atoms with van der Waals surface area (Å²) in [4.78, 5) is 4.24. The molecule has 2 aromatic rings. The summed E-state index contributed by atoms with van der Waals surface area (Å²) in [5, 5.41) is 14.5. The maximum absolute atomic E-state index is 10.3. The topological polar surface area (TPSA) is 50.9 Å². The lowest BCUT2D eigenvalue weighted by Gasteiger charge is -2.12. The van der Waals surface area contributed by atoms with Gasteiger partial charge >= 0.3 is 0 Å². The molecule has 0 fully saturated rings. The fourth-order valence-corrected chi connectivity index (χ4v) is 1.77. The first-order valence-electron chi connectivity index (χ1n) is 5.84. The highest BCUT2D eigenvalue weighted by Crippen LogP contribution is 2.20. The quantitative estimate of drug-likeness (QED) is 0.876. The summed E-state index contributed by atoms with van der Waals surface area (Å²) in [5.74, 6) is 0. The van der Waals surface area contributed by atoms with Gasteiger partial charge in [0, 0.05) is 18.9 Å². The highest BCUT2D eigenvalue weighted by Gasteiger charge is 2.15. The Balaban J connectivity index is 2.26. The van der Waals surface area contributed by atoms with Crippen LogP contribution in [-0.4, -0.2) is 19.9 Å². The lowest BCUT2D eigenvalue weighted by molar-refractivity contribution is 0.202. The number of nitrogens with zero attached hydrogens (tertiary/aromatic N) is 3. The van der Waals surface area contributed by atoms with Crippen LogP contribution in [0.15, 0.2) is 30.6 Å². The average Bonchev–Trinajstić information content (AvgIpc) is 2.78. The van der Waals surface area contributed by atoms with E-state index >= 15 is 0 Å². The molecule has 0 amide bonds. The van der Waals surface area contributed by atoms with Gasteiger partial charge in [0.25, 0.3) is 0 Å². The Hall–Kier alpha value is -1.68. The van der Waals surface area contributed by atoms with Crippen molar-refractivity contribution in [2.24, 2.45) is 0 Å². The summed E-state index contributed by atoms with van der Waals surface area (Å²) < 4.78 is 1.83. The zero-order valence-corrected chi connectivity index (χ0v) is 10.2. The summed E-state index contributed by atoms with van der Waals surface area (Å²) in [5.41, 5.74) is 2.54. The van der Waals surface area contributed by atoms with E-state index in [9.17, 15) is 5.11 Å². The van der Waals surface area contributed by atoms with Gasteiger partial charge < -0.3 is 5.11 Å². The molecule has 4 nitrogen and oxygen atoms in total. The van der Waals surface area contributed by atoms with Crippen LogP contribution in [0, 0.1) is 6.92 Å². The fraction of sp³-hybridized carbons (Fsp3) is 0.385. The smallest absolute Gasteiger partial charge is 0.137 e. The molecule has 2 aromatic heterocycles. The molecule has 0 spiro atoms. The first-order chi connectivity index (χ1) is 8.22. The maximum Gasteiger partial charge on any atom is 0.137 e. The fourth-order valence-electron chi connectivity index (χ4n) is 1.77. The number of rotatable bonds is 4. The van der Waals surface area contributed by atoms with Crippen molar-refractivity contribution in [3.8, 4) is 0 Å². The standard InChI is InChI=1S/C13H17N3O/c1-3-8-16-12(6-7-15-16)13(17)11-5-4-10(2)9-14-11/h4-7,9,13,17H,3,8H2,1-2H3. The van der Waals surface area contributed by atoms with Crippen LogP contribution in [0.25, 0.3) is 0 Å². The van der Waals surface area contributed by atoms with E-state index < -0.39 is 6.10 Å². The Morgan fingerprint density at radius 1 is 1.35 bits per heavy atom. The van der Waals surface area contributed by atoms with Crippen molar-refractivity contribution in [2.45, 2.75) is 32.9 Å². The highest BCUT2D eigenvalue weighted by atomic mass is 16.3. The van der Waals surface area contributed by atoms with Crippen LogP contribution in [-0.2, 0) is 6.54 Å². The molecule has 2 rings (SSSR count). The first-order valence-corrected chi connectivity index (χ1v) is 5.84. The predicted octanol–water partition coefficient (Wildman–Crippen LogP) is 2.08. The van der Waals surface area contributed by atoms with Gasteiger partial charge in [0.2, 0.25) is 0 Å². The second kappa shape index (κ2) is 5.10. The van der Waals surface area contributed by atoms with Crippen molar-refractivity contribution in [1.82, 2.24) is 14.8 Å². The zero-order chi connectivity index (χ0) is 12.3. The Bertz CT molecular complexity index is 476. The van der Waals surface area contributed by atoms with Crippen LogP contribution in [0.1, 0.15) is 36.4 Å². The van der Waals surface area contributed by atoms with Crippen LogP contribution >= 0.6 is 0 Å². The Labute approximate surface area is 101 Å². The van der Waals surface area contributed by atoms with Crippen molar-refractivity contribution in [2.75, 3.05) is 0 Å². The molecule has 1 N–H and O–H groups in total. The van der Waals surface area contributed by atoms with Crippen LogP contribution in [0.3, 0.4) is 0 Å². The normalized spacial score (nSPS) is 12.6. The van der Waals surface area contributed by atoms with Gasteiger partial charge in [-0.1, -0.05) is 13.0 Å². The van der Waals surface area contributed by atoms with Crippen LogP contribution in [0.5, 0.6) is 0 Å². The molecule has 0 bridgehead atoms. The Morgan fingerprint density at radius 3 is 2.82 bits per heavy atom. The van der Waals surface area contributed by atoms with Crippen molar-refractivity contribution >= 4 is 0 Å². The molecule has 1 atom stereocenters. The molecular formula is C13H17N3O. The maximum atomic E-state index is 10.3. The van der Waals surface area contributed by atoms with Crippen molar-refractivity contribution in [3.05, 3.63) is 47.5 Å². The molecule has 0 radical (unpaired) electrons. The molecule has 0 saturated heterocycles. The highest BCUT2D eigenvalue weighted by molar-refractivity contribution is 5.21. The molecule has 17 heavy (non-hydrogen) atoms. The summed E-state index contributed by atoms with van der Waals surface area (Å²) in [6.45, 7) is 4.87. The predicted molar refractivity (Wildman–Crippen MR) is 65.6 cm³/mol. The Morgan fingerprint density at radius 2 is 2.18 bits per heavy atom. The minimum absolute atomic E-state index is 0.661. The van der Waals surface area contributed by atoms with Crippen molar-refractivity contribution in [1.29, 1.82) is 0 Å². The summed E-state index contributed by atoms with van der Waals surface area (Å²) in [6.07, 6.45) is 3.76. The minimum Gasteiger partial charge on any atom is -0.380 e. The lowest BCUT2D eigenvalue weighted by atomic mass is 10.1. The van der Waals surface area contributed by atoms with E-state index in [-0.39, 0.29) is 0 Å². The molecule has 0 aliphatic heterocycles. The molecule has 0 aromatic carbocycles. The number of pyridine rings is 1. The number of aliphatic hydroxyl groups is 1. The van der Waals surface area contributed by atoms with Crippen molar-refractivity contribution in [3.63, 3.8) is 0 Å². The lowest BCUT2D eigenvalue weighted by Crippen LogP contribution is -2.11. The third-order valence-corrected chi connectivity index (χ3v) is 2.68. The van der Waals surface area contributed by atoms with Gasteiger partial charge in [-0.3, -0.25) is 9.67 Å². The molecule has 0 aliphatic rings. The van der Waals surface area contributed by atoms with Gasteiger partial charge in [-0.15, -0.1) is 0 Å². The zero-order valence-electron chi connectivity index (χ0n) is 10.2. The summed E-state index contributed by atoms with van der Waals surface area (Å²) >= 11 is 0. The van der Waals surface area contributed by atoms with E-state index in [1.54, 1.807) is 12.4 Å². The SMILES string of the molecule is CCCn1nccc1C(O)c1ccc(C)cn1. The Kier molecular flexibility index (Phi) is 3.54. The molecule has 1 unspecified atom stereocenters. The molecular weight excluding hydrogens is 214 g/mol. The van der Waals surface area contributed by atoms with Crippen LogP contribution < -0.4 is 0 Å². The number of hydrogen-bond donors (Lipinski definition) is 1. The monoisotopic (exact) mass is 231 g/mol. The van der Waals surface area contributed by atoms with Gasteiger partial charge in [-0.05, 0) is 31.0 Å². The van der Waals surface area contributed by atoms with Gasteiger partial charge in [-0.25, -0.2) is 0 Å². The second-order valence-corrected chi connectivity index (χ2v) is 4.14. The summed E-state index contributed by atoms with van der Waals surface area (Å²) in [6, 6.07) is 5.64. The van der Waals surface area contributed by atoms with Crippen LogP contribution in [0.4, 0.5) is 0 Å². The van der Waals surface area contributed by atoms with E-state index in [2.05, 4.69) is 17.0 Å². The first kappa shape index (κ1) is 11.8. The number of aliphatic hydroxyl groups excluding tert-OH is 1. The molecule has 0 saturated carbocycles. The molecule has 2 heterocycles. The van der Waals surface area contributed by atoms with E-state index in [1.165, 1.54) is 0 Å². The molecule has 90 valence electrons. The third-order valence-electron chi connectivity index (χ3n) is 2.68. The summed E-state index contributed by atoms with van der Waals surface area (Å²) in [7, 11) is 0. The molecule has 0 aliphatic carbocycles. The van der Waals surface area contributed by atoms with Gasteiger partial charge in [0.1, 0.15) is 6.10 Å². The third kappa shape index (κ3) is 2.53. The van der Waals surface area contributed by atoms with Crippen LogP contribution in [0.2, 0.25) is 0 Å². The number of aryl methyl sites for hydroxylation is 2. The average molecular weight is 231 g/mol. The minimum atomic E-state index is -0.704. The number of aromatic nitrogens is 3. The largest absolute Gasteiger partial charge is 0.380 e. The van der Waals surface area contributed by atoms with E-state index in [0.717, 1.165) is 24.2 Å². The van der Waals surface area contributed by atoms with Gasteiger partial charge in [0.05, 0.1) is 11.4 Å². The number of hydrogen-bond acceptors (Lipinski definition) is 3. The van der Waals surface area contributed by atoms with E-state index in [1.807, 2.05) is 29.8 Å². The van der Waals surface area contributed by atoms with Gasteiger partial charge in [-0.2, -0.15) is 5.10 Å². The van der Waals surface area contributed by atoms with Crippen molar-refractivity contribution < 1.29 is 5.11 Å². The van der Waals surface area contributed by atoms with Gasteiger partial charge in [0.15, 0.2) is 0 Å². The molecule has 4 heteroatoms.